The normalized spacial score (nSPS) is 16.3. The van der Waals surface area contributed by atoms with Gasteiger partial charge in [0.1, 0.15) is 0 Å². The van der Waals surface area contributed by atoms with Crippen LogP contribution in [0.25, 0.3) is 0 Å². The van der Waals surface area contributed by atoms with Gasteiger partial charge in [-0.25, -0.2) is 4.79 Å². The lowest BCUT2D eigenvalue weighted by Crippen LogP contribution is -2.50. The average molecular weight is 147 g/mol. The summed E-state index contributed by atoms with van der Waals surface area (Å²) in [7, 11) is 1.42. The van der Waals surface area contributed by atoms with Crippen molar-refractivity contribution in [3.63, 3.8) is 0 Å². The molecule has 0 radical (unpaired) electrons. The van der Waals surface area contributed by atoms with Crippen LogP contribution < -0.4 is 5.32 Å². The van der Waals surface area contributed by atoms with Gasteiger partial charge in [0.2, 0.25) is 5.72 Å². The molecule has 60 valence electrons. The molecule has 0 saturated heterocycles. The quantitative estimate of drug-likeness (QED) is 0.481. The number of hydrogen-bond acceptors (Lipinski definition) is 3. The van der Waals surface area contributed by atoms with Crippen LogP contribution in [0.3, 0.4) is 0 Å². The fraction of sp³-hybridized carbons (Fsp3) is 0.833. The van der Waals surface area contributed by atoms with Crippen LogP contribution in [-0.4, -0.2) is 29.0 Å². The zero-order chi connectivity index (χ0) is 8.20. The van der Waals surface area contributed by atoms with E-state index in [1.54, 1.807) is 0 Å². The van der Waals surface area contributed by atoms with E-state index in [0.29, 0.717) is 6.42 Å². The van der Waals surface area contributed by atoms with Gasteiger partial charge in [0.05, 0.1) is 0 Å². The van der Waals surface area contributed by atoms with Crippen LogP contribution in [0.4, 0.5) is 0 Å². The Morgan fingerprint density at radius 2 is 2.20 bits per heavy atom. The number of rotatable bonds is 4. The maximum atomic E-state index is 10.3. The smallest absolute Gasteiger partial charge is 0.351 e. The Labute approximate surface area is 59.9 Å². The van der Waals surface area contributed by atoms with E-state index in [2.05, 4.69) is 5.32 Å². The fourth-order valence-electron chi connectivity index (χ4n) is 0.701. The number of aliphatic hydroxyl groups is 1. The third kappa shape index (κ3) is 1.97. The van der Waals surface area contributed by atoms with Crippen molar-refractivity contribution in [2.24, 2.45) is 0 Å². The largest absolute Gasteiger partial charge is 0.478 e. The molecule has 0 amide bonds. The predicted molar refractivity (Wildman–Crippen MR) is 36.6 cm³/mol. The summed E-state index contributed by atoms with van der Waals surface area (Å²) in [5.74, 6) is -1.23. The molecule has 1 unspecified atom stereocenters. The summed E-state index contributed by atoms with van der Waals surface area (Å²) in [5, 5.41) is 20.0. The minimum Gasteiger partial charge on any atom is -0.478 e. The molecule has 0 aliphatic heterocycles. The van der Waals surface area contributed by atoms with Crippen LogP contribution in [0.2, 0.25) is 0 Å². The Bertz CT molecular complexity index is 126. The second kappa shape index (κ2) is 3.53. The highest BCUT2D eigenvalue weighted by atomic mass is 16.4. The van der Waals surface area contributed by atoms with Crippen molar-refractivity contribution in [2.45, 2.75) is 25.5 Å². The van der Waals surface area contributed by atoms with Gasteiger partial charge in [0, 0.05) is 6.42 Å². The average Bonchev–Trinajstić information content (AvgIpc) is 1.88. The highest BCUT2D eigenvalue weighted by molar-refractivity contribution is 5.76. The van der Waals surface area contributed by atoms with Crippen molar-refractivity contribution in [2.75, 3.05) is 7.05 Å². The van der Waals surface area contributed by atoms with E-state index in [4.69, 9.17) is 5.11 Å². The molecule has 0 aliphatic rings. The molecule has 1 atom stereocenters. The number of carboxylic acid groups (broad SMARTS) is 1. The van der Waals surface area contributed by atoms with Gasteiger partial charge in [0.15, 0.2) is 0 Å². The standard InChI is InChI=1S/C6H13NO3/c1-3-4-6(10,7-2)5(8)9/h7,10H,3-4H2,1-2H3,(H,8,9). The highest BCUT2D eigenvalue weighted by Crippen LogP contribution is 2.07. The molecule has 0 heterocycles. The molecule has 0 saturated carbocycles. The minimum absolute atomic E-state index is 0.221. The van der Waals surface area contributed by atoms with Gasteiger partial charge in [0.25, 0.3) is 0 Å². The van der Waals surface area contributed by atoms with Gasteiger partial charge in [-0.05, 0) is 7.05 Å². The zero-order valence-electron chi connectivity index (χ0n) is 6.22. The topological polar surface area (TPSA) is 69.6 Å². The summed E-state index contributed by atoms with van der Waals surface area (Å²) in [4.78, 5) is 10.3. The van der Waals surface area contributed by atoms with Crippen molar-refractivity contribution in [3.8, 4) is 0 Å². The van der Waals surface area contributed by atoms with Gasteiger partial charge in [-0.1, -0.05) is 13.3 Å². The lowest BCUT2D eigenvalue weighted by molar-refractivity contribution is -0.162. The maximum Gasteiger partial charge on any atom is 0.351 e. The van der Waals surface area contributed by atoms with E-state index in [1.807, 2.05) is 6.92 Å². The Morgan fingerprint density at radius 1 is 1.70 bits per heavy atom. The molecule has 0 bridgehead atoms. The third-order valence-electron chi connectivity index (χ3n) is 1.38. The number of aliphatic carboxylic acids is 1. The van der Waals surface area contributed by atoms with E-state index in [-0.39, 0.29) is 6.42 Å². The van der Waals surface area contributed by atoms with Crippen LogP contribution in [0.15, 0.2) is 0 Å². The second-order valence-corrected chi connectivity index (χ2v) is 2.17. The molecule has 3 N–H and O–H groups in total. The Kier molecular flexibility index (Phi) is 3.32. The van der Waals surface area contributed by atoms with Crippen molar-refractivity contribution in [3.05, 3.63) is 0 Å². The first-order valence-corrected chi connectivity index (χ1v) is 3.21. The number of carbonyl (C=O) groups is 1. The summed E-state index contributed by atoms with van der Waals surface area (Å²) in [6, 6.07) is 0. The van der Waals surface area contributed by atoms with Crippen molar-refractivity contribution < 1.29 is 15.0 Å². The van der Waals surface area contributed by atoms with Gasteiger partial charge in [-0.3, -0.25) is 5.32 Å². The first-order valence-electron chi connectivity index (χ1n) is 3.21. The molecule has 10 heavy (non-hydrogen) atoms. The van der Waals surface area contributed by atoms with Crippen molar-refractivity contribution >= 4 is 5.97 Å². The van der Waals surface area contributed by atoms with Crippen LogP contribution in [-0.2, 0) is 4.79 Å². The molecule has 0 spiro atoms. The van der Waals surface area contributed by atoms with E-state index < -0.39 is 11.7 Å². The molecule has 0 aromatic rings. The zero-order valence-corrected chi connectivity index (χ0v) is 6.22. The summed E-state index contributed by atoms with van der Waals surface area (Å²) in [6.45, 7) is 1.81. The lowest BCUT2D eigenvalue weighted by atomic mass is 10.1. The number of likely N-dealkylation sites (N-methyl/N-ethyl adjacent to an activating group) is 1. The molecule has 0 aromatic heterocycles. The van der Waals surface area contributed by atoms with E-state index in [1.165, 1.54) is 7.05 Å². The molecule has 4 nitrogen and oxygen atoms in total. The SMILES string of the molecule is CCCC(O)(NC)C(=O)O. The van der Waals surface area contributed by atoms with Crippen molar-refractivity contribution in [1.82, 2.24) is 5.32 Å². The fourth-order valence-corrected chi connectivity index (χ4v) is 0.701. The van der Waals surface area contributed by atoms with Gasteiger partial charge in [-0.15, -0.1) is 0 Å². The number of hydrogen-bond donors (Lipinski definition) is 3. The number of nitrogens with one attached hydrogen (secondary N) is 1. The summed E-state index contributed by atoms with van der Waals surface area (Å²) in [5.41, 5.74) is -1.74. The van der Waals surface area contributed by atoms with Crippen molar-refractivity contribution in [1.29, 1.82) is 0 Å². The summed E-state index contributed by atoms with van der Waals surface area (Å²) >= 11 is 0. The monoisotopic (exact) mass is 147 g/mol. The maximum absolute atomic E-state index is 10.3. The Hall–Kier alpha value is -0.610. The van der Waals surface area contributed by atoms with Gasteiger partial charge >= 0.3 is 5.97 Å². The molecule has 0 fully saturated rings. The molecule has 0 aliphatic carbocycles. The molecule has 0 aromatic carbocycles. The third-order valence-corrected chi connectivity index (χ3v) is 1.38. The van der Waals surface area contributed by atoms with E-state index in [0.717, 1.165) is 0 Å². The van der Waals surface area contributed by atoms with E-state index >= 15 is 0 Å². The van der Waals surface area contributed by atoms with Crippen LogP contribution >= 0.6 is 0 Å². The Morgan fingerprint density at radius 3 is 2.30 bits per heavy atom. The van der Waals surface area contributed by atoms with Gasteiger partial charge in [-0.2, -0.15) is 0 Å². The van der Waals surface area contributed by atoms with Crippen LogP contribution in [0.1, 0.15) is 19.8 Å². The first-order chi connectivity index (χ1) is 4.56. The summed E-state index contributed by atoms with van der Waals surface area (Å²) < 4.78 is 0. The minimum atomic E-state index is -1.74. The van der Waals surface area contributed by atoms with Crippen LogP contribution in [0.5, 0.6) is 0 Å². The lowest BCUT2D eigenvalue weighted by Gasteiger charge is -2.21. The molecular formula is C6H13NO3. The second-order valence-electron chi connectivity index (χ2n) is 2.17. The molecular weight excluding hydrogens is 134 g/mol. The Balaban J connectivity index is 4.08. The first kappa shape index (κ1) is 9.39. The molecule has 0 rings (SSSR count). The van der Waals surface area contributed by atoms with Crippen LogP contribution in [0, 0.1) is 0 Å². The highest BCUT2D eigenvalue weighted by Gasteiger charge is 2.32. The predicted octanol–water partition coefficient (Wildman–Crippen LogP) is -0.221. The molecule has 4 heteroatoms. The van der Waals surface area contributed by atoms with Gasteiger partial charge < -0.3 is 10.2 Å². The summed E-state index contributed by atoms with van der Waals surface area (Å²) in [6.07, 6.45) is 0.850. The number of carboxylic acids is 1. The van der Waals surface area contributed by atoms with E-state index in [9.17, 15) is 9.90 Å².